The Morgan fingerprint density at radius 1 is 1.38 bits per heavy atom. The molecule has 84 valence electrons. The van der Waals surface area contributed by atoms with Crippen LogP contribution < -0.4 is 11.3 Å². The average Bonchev–Trinajstić information content (AvgIpc) is 2.64. The van der Waals surface area contributed by atoms with E-state index in [0.717, 1.165) is 0 Å². The molecule has 6 nitrogen and oxygen atoms in total. The van der Waals surface area contributed by atoms with Gasteiger partial charge in [-0.3, -0.25) is 4.79 Å². The summed E-state index contributed by atoms with van der Waals surface area (Å²) in [5.74, 6) is 0.619. The second-order valence-electron chi connectivity index (χ2n) is 3.74. The third kappa shape index (κ3) is 1.69. The molecule has 0 aliphatic heterocycles. The van der Waals surface area contributed by atoms with E-state index in [9.17, 15) is 4.79 Å². The number of aromatic nitrogens is 4. The summed E-state index contributed by atoms with van der Waals surface area (Å²) in [6.45, 7) is 3.87. The maximum Gasteiger partial charge on any atom is 0.295 e. The van der Waals surface area contributed by atoms with Crippen LogP contribution in [0.4, 0.5) is 5.82 Å². The number of rotatable bonds is 2. The molecule has 0 spiro atoms. The molecule has 0 amide bonds. The van der Waals surface area contributed by atoms with Crippen molar-refractivity contribution in [2.45, 2.75) is 19.9 Å². The Morgan fingerprint density at radius 3 is 2.69 bits per heavy atom. The number of nitrogens with zero attached hydrogens (tertiary/aromatic N) is 4. The first-order chi connectivity index (χ1) is 7.59. The summed E-state index contributed by atoms with van der Waals surface area (Å²) in [6.07, 6.45) is 4.85. The number of nitrogens with two attached hydrogens (primary N) is 1. The van der Waals surface area contributed by atoms with Crippen molar-refractivity contribution in [1.82, 2.24) is 19.3 Å². The summed E-state index contributed by atoms with van der Waals surface area (Å²) in [5, 5.41) is 3.96. The minimum Gasteiger partial charge on any atom is -0.382 e. The van der Waals surface area contributed by atoms with Crippen LogP contribution in [0, 0.1) is 0 Å². The van der Waals surface area contributed by atoms with E-state index in [1.807, 2.05) is 13.8 Å². The highest BCUT2D eigenvalue weighted by molar-refractivity contribution is 5.28. The Hall–Kier alpha value is -2.11. The molecule has 0 atom stereocenters. The van der Waals surface area contributed by atoms with E-state index in [0.29, 0.717) is 5.82 Å². The zero-order valence-electron chi connectivity index (χ0n) is 9.16. The van der Waals surface area contributed by atoms with Gasteiger partial charge in [-0.1, -0.05) is 0 Å². The van der Waals surface area contributed by atoms with Gasteiger partial charge in [0.05, 0.1) is 0 Å². The quantitative estimate of drug-likeness (QED) is 0.801. The zero-order chi connectivity index (χ0) is 11.7. The average molecular weight is 219 g/mol. The normalized spacial score (nSPS) is 10.9. The summed E-state index contributed by atoms with van der Waals surface area (Å²) in [6, 6.07) is 1.70. The van der Waals surface area contributed by atoms with Gasteiger partial charge in [0.15, 0.2) is 0 Å². The Kier molecular flexibility index (Phi) is 2.47. The minimum atomic E-state index is -0.180. The van der Waals surface area contributed by atoms with Gasteiger partial charge in [0.25, 0.3) is 5.56 Å². The monoisotopic (exact) mass is 219 g/mol. The van der Waals surface area contributed by atoms with Crippen molar-refractivity contribution >= 4 is 5.82 Å². The van der Waals surface area contributed by atoms with Gasteiger partial charge in [0.2, 0.25) is 5.82 Å². The van der Waals surface area contributed by atoms with E-state index >= 15 is 0 Å². The molecular formula is C10H13N5O. The van der Waals surface area contributed by atoms with Crippen molar-refractivity contribution < 1.29 is 0 Å². The van der Waals surface area contributed by atoms with Crippen LogP contribution in [0.5, 0.6) is 0 Å². The van der Waals surface area contributed by atoms with Gasteiger partial charge >= 0.3 is 0 Å². The molecule has 2 N–H and O–H groups in total. The van der Waals surface area contributed by atoms with Crippen LogP contribution in [0.2, 0.25) is 0 Å². The van der Waals surface area contributed by atoms with Crippen molar-refractivity contribution in [3.05, 3.63) is 35.0 Å². The van der Waals surface area contributed by atoms with Gasteiger partial charge in [-0.25, -0.2) is 9.67 Å². The molecule has 0 saturated heterocycles. The maximum absolute atomic E-state index is 12.0. The lowest BCUT2D eigenvalue weighted by Crippen LogP contribution is -2.26. The van der Waals surface area contributed by atoms with Crippen LogP contribution in [0.25, 0.3) is 5.82 Å². The molecule has 2 heterocycles. The van der Waals surface area contributed by atoms with E-state index in [1.54, 1.807) is 29.2 Å². The minimum absolute atomic E-state index is 0.0853. The number of nitrogen functional groups attached to an aromatic ring is 1. The van der Waals surface area contributed by atoms with Crippen LogP contribution in [-0.2, 0) is 0 Å². The first kappa shape index (κ1) is 10.4. The van der Waals surface area contributed by atoms with Crippen molar-refractivity contribution in [3.8, 4) is 5.82 Å². The second-order valence-corrected chi connectivity index (χ2v) is 3.74. The summed E-state index contributed by atoms with van der Waals surface area (Å²) >= 11 is 0. The van der Waals surface area contributed by atoms with Gasteiger partial charge in [-0.2, -0.15) is 0 Å². The van der Waals surface area contributed by atoms with Gasteiger partial charge in [-0.05, 0) is 13.8 Å². The third-order valence-corrected chi connectivity index (χ3v) is 2.23. The molecule has 0 radical (unpaired) electrons. The van der Waals surface area contributed by atoms with Crippen molar-refractivity contribution in [2.24, 2.45) is 0 Å². The van der Waals surface area contributed by atoms with E-state index in [-0.39, 0.29) is 17.4 Å². The molecular weight excluding hydrogens is 206 g/mol. The predicted octanol–water partition coefficient (Wildman–Crippen LogP) is 0.592. The predicted molar refractivity (Wildman–Crippen MR) is 60.4 cm³/mol. The zero-order valence-corrected chi connectivity index (χ0v) is 9.16. The van der Waals surface area contributed by atoms with Crippen molar-refractivity contribution in [1.29, 1.82) is 0 Å². The fourth-order valence-corrected chi connectivity index (χ4v) is 1.43. The van der Waals surface area contributed by atoms with Crippen LogP contribution in [0.15, 0.2) is 29.5 Å². The smallest absolute Gasteiger partial charge is 0.295 e. The first-order valence-corrected chi connectivity index (χ1v) is 4.98. The van der Waals surface area contributed by atoms with E-state index in [4.69, 9.17) is 5.73 Å². The second kappa shape index (κ2) is 3.80. The third-order valence-electron chi connectivity index (χ3n) is 2.23. The molecule has 0 unspecified atom stereocenters. The van der Waals surface area contributed by atoms with Crippen molar-refractivity contribution in [2.75, 3.05) is 5.73 Å². The molecule has 0 saturated carbocycles. The maximum atomic E-state index is 12.0. The molecule has 0 aliphatic carbocycles. The fraction of sp³-hybridized carbons (Fsp3) is 0.300. The number of anilines is 1. The van der Waals surface area contributed by atoms with Crippen LogP contribution in [0.1, 0.15) is 19.9 Å². The van der Waals surface area contributed by atoms with Gasteiger partial charge < -0.3 is 10.3 Å². The number of hydrogen-bond acceptors (Lipinski definition) is 4. The lowest BCUT2D eigenvalue weighted by Gasteiger charge is -2.10. The highest BCUT2D eigenvalue weighted by Crippen LogP contribution is 2.03. The van der Waals surface area contributed by atoms with Gasteiger partial charge in [0, 0.05) is 30.7 Å². The van der Waals surface area contributed by atoms with E-state index in [2.05, 4.69) is 10.1 Å². The van der Waals surface area contributed by atoms with Crippen LogP contribution in [-0.4, -0.2) is 19.3 Å². The van der Waals surface area contributed by atoms with E-state index < -0.39 is 0 Å². The van der Waals surface area contributed by atoms with Gasteiger partial charge in [0.1, 0.15) is 5.82 Å². The summed E-state index contributed by atoms with van der Waals surface area (Å²) < 4.78 is 2.98. The highest BCUT2D eigenvalue weighted by atomic mass is 16.1. The van der Waals surface area contributed by atoms with Crippen LogP contribution in [0.3, 0.4) is 0 Å². The molecule has 0 aromatic carbocycles. The topological polar surface area (TPSA) is 78.7 Å². The molecule has 0 fully saturated rings. The fourth-order valence-electron chi connectivity index (χ4n) is 1.43. The Labute approximate surface area is 92.3 Å². The lowest BCUT2D eigenvalue weighted by molar-refractivity contribution is 0.567. The Bertz CT molecular complexity index is 554. The molecule has 0 aliphatic rings. The standard InChI is InChI=1S/C10H13N5O/c1-7(2)14-6-4-12-9(10(14)16)15-5-3-8(11)13-15/h3-7H,1-2H3,(H2,11,13). The number of hydrogen-bond donors (Lipinski definition) is 1. The summed E-state index contributed by atoms with van der Waals surface area (Å²) in [7, 11) is 0. The highest BCUT2D eigenvalue weighted by Gasteiger charge is 2.09. The SMILES string of the molecule is CC(C)n1ccnc(-n2ccc(N)n2)c1=O. The summed E-state index contributed by atoms with van der Waals surface area (Å²) in [4.78, 5) is 16.0. The van der Waals surface area contributed by atoms with Crippen molar-refractivity contribution in [3.63, 3.8) is 0 Å². The Balaban J connectivity index is 2.59. The molecule has 2 aromatic rings. The summed E-state index contributed by atoms with van der Waals surface area (Å²) in [5.41, 5.74) is 5.32. The first-order valence-electron chi connectivity index (χ1n) is 4.98. The molecule has 0 bridgehead atoms. The molecule has 2 aromatic heterocycles. The largest absolute Gasteiger partial charge is 0.382 e. The molecule has 2 rings (SSSR count). The lowest BCUT2D eigenvalue weighted by atomic mass is 10.4. The van der Waals surface area contributed by atoms with E-state index in [1.165, 1.54) is 4.68 Å². The molecule has 6 heteroatoms. The molecule has 16 heavy (non-hydrogen) atoms. The van der Waals surface area contributed by atoms with Crippen LogP contribution >= 0.6 is 0 Å². The van der Waals surface area contributed by atoms with Gasteiger partial charge in [-0.15, -0.1) is 5.10 Å². The Morgan fingerprint density at radius 2 is 2.12 bits per heavy atom.